The van der Waals surface area contributed by atoms with E-state index in [1.165, 1.54) is 7.11 Å². The van der Waals surface area contributed by atoms with Crippen molar-refractivity contribution in [3.63, 3.8) is 0 Å². The van der Waals surface area contributed by atoms with Crippen LogP contribution in [0.5, 0.6) is 0 Å². The van der Waals surface area contributed by atoms with E-state index in [-0.39, 0.29) is 13.2 Å². The second kappa shape index (κ2) is 10.1. The van der Waals surface area contributed by atoms with Crippen molar-refractivity contribution in [1.82, 2.24) is 5.32 Å². The quantitative estimate of drug-likeness (QED) is 0.715. The van der Waals surface area contributed by atoms with Gasteiger partial charge in [0.1, 0.15) is 0 Å². The predicted octanol–water partition coefficient (Wildman–Crippen LogP) is 2.09. The Labute approximate surface area is 157 Å². The molecule has 0 saturated carbocycles. The fraction of sp³-hybridized carbons (Fsp3) is 0.250. The normalized spacial score (nSPS) is 10.1. The van der Waals surface area contributed by atoms with Crippen LogP contribution in [0.4, 0.5) is 0 Å². The van der Waals surface area contributed by atoms with Crippen LogP contribution < -0.4 is 5.32 Å². The van der Waals surface area contributed by atoms with Crippen LogP contribution in [-0.2, 0) is 32.2 Å². The standard InChI is InChI=1S/C20H21NO6/c1-25-12-15-4-3-5-17(10-15)20(24)27-13-18(22)21-11-14-6-8-16(9-7-14)19(23)26-2/h3-10H,11-13H2,1-2H3,(H,21,22). The number of carbonyl (C=O) groups excluding carboxylic acids is 3. The van der Waals surface area contributed by atoms with Crippen LogP contribution >= 0.6 is 0 Å². The summed E-state index contributed by atoms with van der Waals surface area (Å²) < 4.78 is 14.7. The van der Waals surface area contributed by atoms with Gasteiger partial charge >= 0.3 is 11.9 Å². The topological polar surface area (TPSA) is 90.9 Å². The molecule has 0 aliphatic carbocycles. The smallest absolute Gasteiger partial charge is 0.338 e. The number of methoxy groups -OCH3 is 2. The second-order valence-electron chi connectivity index (χ2n) is 5.67. The van der Waals surface area contributed by atoms with Gasteiger partial charge in [0.25, 0.3) is 5.91 Å². The van der Waals surface area contributed by atoms with E-state index >= 15 is 0 Å². The highest BCUT2D eigenvalue weighted by molar-refractivity contribution is 5.91. The van der Waals surface area contributed by atoms with Crippen molar-refractivity contribution in [2.45, 2.75) is 13.2 Å². The number of ether oxygens (including phenoxy) is 3. The minimum absolute atomic E-state index is 0.251. The Morgan fingerprint density at radius 2 is 1.63 bits per heavy atom. The van der Waals surface area contributed by atoms with Gasteiger partial charge in [0.05, 0.1) is 24.8 Å². The number of benzene rings is 2. The van der Waals surface area contributed by atoms with Crippen molar-refractivity contribution < 1.29 is 28.6 Å². The molecule has 0 saturated heterocycles. The first-order valence-electron chi connectivity index (χ1n) is 8.22. The molecule has 7 nitrogen and oxygen atoms in total. The van der Waals surface area contributed by atoms with Gasteiger partial charge in [-0.15, -0.1) is 0 Å². The van der Waals surface area contributed by atoms with Gasteiger partial charge in [-0.05, 0) is 35.4 Å². The number of rotatable bonds is 8. The van der Waals surface area contributed by atoms with Crippen molar-refractivity contribution in [2.75, 3.05) is 20.8 Å². The summed E-state index contributed by atoms with van der Waals surface area (Å²) in [5.74, 6) is -1.42. The summed E-state index contributed by atoms with van der Waals surface area (Å²) >= 11 is 0. The molecule has 142 valence electrons. The van der Waals surface area contributed by atoms with E-state index in [0.29, 0.717) is 17.7 Å². The van der Waals surface area contributed by atoms with E-state index in [1.807, 2.05) is 6.07 Å². The van der Waals surface area contributed by atoms with Crippen molar-refractivity contribution in [3.8, 4) is 0 Å². The summed E-state index contributed by atoms with van der Waals surface area (Å²) in [7, 11) is 2.88. The van der Waals surface area contributed by atoms with E-state index in [1.54, 1.807) is 49.6 Å². The largest absolute Gasteiger partial charge is 0.465 e. The number of esters is 2. The summed E-state index contributed by atoms with van der Waals surface area (Å²) in [6.07, 6.45) is 0. The third-order valence-electron chi connectivity index (χ3n) is 3.67. The predicted molar refractivity (Wildman–Crippen MR) is 97.1 cm³/mol. The van der Waals surface area contributed by atoms with Gasteiger partial charge in [0.15, 0.2) is 6.61 Å². The zero-order valence-corrected chi connectivity index (χ0v) is 15.2. The molecule has 1 N–H and O–H groups in total. The number of hydrogen-bond donors (Lipinski definition) is 1. The lowest BCUT2D eigenvalue weighted by Crippen LogP contribution is -2.28. The molecule has 27 heavy (non-hydrogen) atoms. The highest BCUT2D eigenvalue weighted by atomic mass is 16.5. The Kier molecular flexibility index (Phi) is 7.51. The van der Waals surface area contributed by atoms with E-state index < -0.39 is 17.8 Å². The van der Waals surface area contributed by atoms with Crippen LogP contribution in [0.3, 0.4) is 0 Å². The van der Waals surface area contributed by atoms with Gasteiger partial charge in [-0.2, -0.15) is 0 Å². The highest BCUT2D eigenvalue weighted by Gasteiger charge is 2.11. The van der Waals surface area contributed by atoms with Crippen molar-refractivity contribution in [3.05, 3.63) is 70.8 Å². The Morgan fingerprint density at radius 3 is 2.30 bits per heavy atom. The Morgan fingerprint density at radius 1 is 0.889 bits per heavy atom. The molecular weight excluding hydrogens is 350 g/mol. The van der Waals surface area contributed by atoms with Crippen LogP contribution in [0.15, 0.2) is 48.5 Å². The Hall–Kier alpha value is -3.19. The summed E-state index contributed by atoms with van der Waals surface area (Å²) in [5, 5.41) is 2.65. The first-order chi connectivity index (χ1) is 13.0. The molecule has 0 unspecified atom stereocenters. The molecule has 7 heteroatoms. The SMILES string of the molecule is COCc1cccc(C(=O)OCC(=O)NCc2ccc(C(=O)OC)cc2)c1. The molecule has 0 aliphatic rings. The first-order valence-corrected chi connectivity index (χ1v) is 8.22. The Balaban J connectivity index is 1.79. The van der Waals surface area contributed by atoms with E-state index in [9.17, 15) is 14.4 Å². The van der Waals surface area contributed by atoms with Gasteiger partial charge < -0.3 is 19.5 Å². The molecule has 0 heterocycles. The zero-order valence-electron chi connectivity index (χ0n) is 15.2. The monoisotopic (exact) mass is 371 g/mol. The molecule has 0 fully saturated rings. The number of carbonyl (C=O) groups is 3. The molecular formula is C20H21NO6. The fourth-order valence-electron chi connectivity index (χ4n) is 2.30. The molecule has 0 spiro atoms. The maximum atomic E-state index is 12.0. The summed E-state index contributed by atoms with van der Waals surface area (Å²) in [6.45, 7) is 0.255. The fourth-order valence-corrected chi connectivity index (χ4v) is 2.30. The molecule has 2 aromatic carbocycles. The van der Waals surface area contributed by atoms with E-state index in [4.69, 9.17) is 9.47 Å². The summed E-state index contributed by atoms with van der Waals surface area (Å²) in [5.41, 5.74) is 2.43. The van der Waals surface area contributed by atoms with Gasteiger partial charge in [-0.25, -0.2) is 9.59 Å². The van der Waals surface area contributed by atoms with Crippen LogP contribution in [0, 0.1) is 0 Å². The maximum Gasteiger partial charge on any atom is 0.338 e. The minimum atomic E-state index is -0.578. The molecule has 1 amide bonds. The zero-order chi connectivity index (χ0) is 19.6. The number of hydrogen-bond acceptors (Lipinski definition) is 6. The van der Waals surface area contributed by atoms with Crippen LogP contribution in [-0.4, -0.2) is 38.7 Å². The maximum absolute atomic E-state index is 12.0. The Bertz CT molecular complexity index is 800. The molecule has 0 aliphatic heterocycles. The summed E-state index contributed by atoms with van der Waals surface area (Å²) in [4.78, 5) is 35.3. The van der Waals surface area contributed by atoms with Gasteiger partial charge in [-0.1, -0.05) is 24.3 Å². The van der Waals surface area contributed by atoms with Crippen molar-refractivity contribution in [1.29, 1.82) is 0 Å². The lowest BCUT2D eigenvalue weighted by atomic mass is 10.1. The van der Waals surface area contributed by atoms with Crippen molar-refractivity contribution in [2.24, 2.45) is 0 Å². The lowest BCUT2D eigenvalue weighted by Gasteiger charge is -2.08. The molecule has 0 radical (unpaired) electrons. The van der Waals surface area contributed by atoms with Gasteiger partial charge in [-0.3, -0.25) is 4.79 Å². The molecule has 2 aromatic rings. The van der Waals surface area contributed by atoms with Gasteiger partial charge in [0.2, 0.25) is 0 Å². The molecule has 0 atom stereocenters. The van der Waals surface area contributed by atoms with Crippen LogP contribution in [0.25, 0.3) is 0 Å². The summed E-state index contributed by atoms with van der Waals surface area (Å²) in [6, 6.07) is 13.5. The third-order valence-corrected chi connectivity index (χ3v) is 3.67. The lowest BCUT2D eigenvalue weighted by molar-refractivity contribution is -0.124. The van der Waals surface area contributed by atoms with Gasteiger partial charge in [0, 0.05) is 13.7 Å². The molecule has 0 aromatic heterocycles. The van der Waals surface area contributed by atoms with E-state index in [2.05, 4.69) is 10.1 Å². The molecule has 2 rings (SSSR count). The first kappa shape index (κ1) is 20.1. The van der Waals surface area contributed by atoms with Crippen molar-refractivity contribution >= 4 is 17.8 Å². The second-order valence-corrected chi connectivity index (χ2v) is 5.67. The van der Waals surface area contributed by atoms with Crippen LogP contribution in [0.1, 0.15) is 31.8 Å². The average molecular weight is 371 g/mol. The van der Waals surface area contributed by atoms with Crippen LogP contribution in [0.2, 0.25) is 0 Å². The number of nitrogens with one attached hydrogen (secondary N) is 1. The average Bonchev–Trinajstić information content (AvgIpc) is 2.70. The number of amides is 1. The third kappa shape index (κ3) is 6.23. The minimum Gasteiger partial charge on any atom is -0.465 e. The highest BCUT2D eigenvalue weighted by Crippen LogP contribution is 2.08. The molecule has 0 bridgehead atoms. The van der Waals surface area contributed by atoms with E-state index in [0.717, 1.165) is 11.1 Å².